The van der Waals surface area contributed by atoms with Crippen LogP contribution in [0.15, 0.2) is 54.6 Å². The Labute approximate surface area is 167 Å². The Bertz CT molecular complexity index is 1120. The van der Waals surface area contributed by atoms with Crippen molar-refractivity contribution in [2.24, 2.45) is 0 Å². The van der Waals surface area contributed by atoms with Gasteiger partial charge in [-0.2, -0.15) is 5.26 Å². The van der Waals surface area contributed by atoms with Gasteiger partial charge in [-0.1, -0.05) is 18.2 Å². The van der Waals surface area contributed by atoms with Gasteiger partial charge in [-0.15, -0.1) is 0 Å². The van der Waals surface area contributed by atoms with Crippen LogP contribution in [0.5, 0.6) is 0 Å². The summed E-state index contributed by atoms with van der Waals surface area (Å²) in [4.78, 5) is 32.8. The van der Waals surface area contributed by atoms with Crippen molar-refractivity contribution in [3.05, 3.63) is 77.1 Å². The maximum absolute atomic E-state index is 12.6. The molecule has 2 aromatic carbocycles. The van der Waals surface area contributed by atoms with Crippen LogP contribution >= 0.6 is 0 Å². The van der Waals surface area contributed by atoms with Crippen molar-refractivity contribution in [1.29, 1.82) is 5.26 Å². The summed E-state index contributed by atoms with van der Waals surface area (Å²) in [7, 11) is 1.31. The number of esters is 1. The molecule has 0 spiro atoms. The second kappa shape index (κ2) is 8.63. The van der Waals surface area contributed by atoms with Crippen LogP contribution in [0.4, 0.5) is 17.3 Å². The SMILES string of the molecule is COC(=O)c1cccc(Nc2nc(C)cc(C(=O)Nc3ccccc3C#N)n2)c1. The molecular formula is C21H17N5O3. The van der Waals surface area contributed by atoms with Crippen LogP contribution in [0.3, 0.4) is 0 Å². The van der Waals surface area contributed by atoms with Crippen LogP contribution in [0.2, 0.25) is 0 Å². The molecule has 1 heterocycles. The molecule has 0 unspecified atom stereocenters. The topological polar surface area (TPSA) is 117 Å². The number of hydrogen-bond acceptors (Lipinski definition) is 7. The number of rotatable bonds is 5. The van der Waals surface area contributed by atoms with E-state index in [1.807, 2.05) is 6.07 Å². The number of carbonyl (C=O) groups excluding carboxylic acids is 2. The van der Waals surface area contributed by atoms with E-state index in [9.17, 15) is 9.59 Å². The first-order valence-electron chi connectivity index (χ1n) is 8.61. The molecule has 144 valence electrons. The molecule has 0 atom stereocenters. The number of aromatic nitrogens is 2. The van der Waals surface area contributed by atoms with Crippen LogP contribution < -0.4 is 10.6 Å². The van der Waals surface area contributed by atoms with Crippen LogP contribution in [0.25, 0.3) is 0 Å². The minimum absolute atomic E-state index is 0.136. The van der Waals surface area contributed by atoms with Crippen molar-refractivity contribution in [2.75, 3.05) is 17.7 Å². The molecule has 8 heteroatoms. The van der Waals surface area contributed by atoms with Gasteiger partial charge in [0.25, 0.3) is 5.91 Å². The molecule has 29 heavy (non-hydrogen) atoms. The van der Waals surface area contributed by atoms with E-state index in [4.69, 9.17) is 10.00 Å². The zero-order chi connectivity index (χ0) is 20.8. The predicted molar refractivity (Wildman–Crippen MR) is 107 cm³/mol. The number of carbonyl (C=O) groups is 2. The van der Waals surface area contributed by atoms with Crippen molar-refractivity contribution in [1.82, 2.24) is 9.97 Å². The zero-order valence-electron chi connectivity index (χ0n) is 15.8. The molecule has 3 rings (SSSR count). The van der Waals surface area contributed by atoms with Gasteiger partial charge in [0.2, 0.25) is 5.95 Å². The number of aryl methyl sites for hydroxylation is 1. The molecule has 0 bridgehead atoms. The average Bonchev–Trinajstić information content (AvgIpc) is 2.73. The summed E-state index contributed by atoms with van der Waals surface area (Å²) in [6, 6.07) is 16.9. The van der Waals surface area contributed by atoms with Crippen LogP contribution in [0.1, 0.15) is 32.1 Å². The van der Waals surface area contributed by atoms with E-state index < -0.39 is 11.9 Å². The first-order valence-corrected chi connectivity index (χ1v) is 8.61. The van der Waals surface area contributed by atoms with Gasteiger partial charge in [0.05, 0.1) is 23.9 Å². The zero-order valence-corrected chi connectivity index (χ0v) is 15.8. The number of anilines is 3. The van der Waals surface area contributed by atoms with E-state index in [0.29, 0.717) is 28.2 Å². The molecule has 3 aromatic rings. The summed E-state index contributed by atoms with van der Waals surface area (Å²) in [6.07, 6.45) is 0. The second-order valence-electron chi connectivity index (χ2n) is 6.03. The van der Waals surface area contributed by atoms with Crippen molar-refractivity contribution in [3.8, 4) is 6.07 Å². The van der Waals surface area contributed by atoms with E-state index in [2.05, 4.69) is 20.6 Å². The lowest BCUT2D eigenvalue weighted by molar-refractivity contribution is 0.0600. The van der Waals surface area contributed by atoms with Gasteiger partial charge in [0, 0.05) is 11.4 Å². The van der Waals surface area contributed by atoms with Crippen LogP contribution in [-0.4, -0.2) is 29.0 Å². The molecule has 2 N–H and O–H groups in total. The van der Waals surface area contributed by atoms with E-state index in [1.54, 1.807) is 61.5 Å². The highest BCUT2D eigenvalue weighted by molar-refractivity contribution is 6.03. The van der Waals surface area contributed by atoms with Gasteiger partial charge in [0.15, 0.2) is 0 Å². The first-order chi connectivity index (χ1) is 14.0. The molecule has 0 aliphatic rings. The third kappa shape index (κ3) is 4.73. The Morgan fingerprint density at radius 1 is 1.07 bits per heavy atom. The maximum atomic E-state index is 12.6. The lowest BCUT2D eigenvalue weighted by Crippen LogP contribution is -2.16. The third-order valence-corrected chi connectivity index (χ3v) is 3.92. The summed E-state index contributed by atoms with van der Waals surface area (Å²) < 4.78 is 4.71. The van der Waals surface area contributed by atoms with Crippen LogP contribution in [-0.2, 0) is 4.74 Å². The van der Waals surface area contributed by atoms with Gasteiger partial charge in [-0.05, 0) is 43.3 Å². The molecule has 0 aliphatic heterocycles. The quantitative estimate of drug-likeness (QED) is 0.644. The highest BCUT2D eigenvalue weighted by Crippen LogP contribution is 2.18. The van der Waals surface area contributed by atoms with Crippen molar-refractivity contribution < 1.29 is 14.3 Å². The molecule has 0 saturated heterocycles. The number of methoxy groups -OCH3 is 1. The number of ether oxygens (including phenoxy) is 1. The smallest absolute Gasteiger partial charge is 0.337 e. The summed E-state index contributed by atoms with van der Waals surface area (Å²) in [5, 5.41) is 14.8. The molecule has 0 saturated carbocycles. The minimum atomic E-state index is -0.468. The van der Waals surface area contributed by atoms with E-state index in [-0.39, 0.29) is 11.6 Å². The number of nitriles is 1. The Morgan fingerprint density at radius 3 is 2.62 bits per heavy atom. The number of nitrogens with one attached hydrogen (secondary N) is 2. The Kier molecular flexibility index (Phi) is 5.80. The summed E-state index contributed by atoms with van der Waals surface area (Å²) >= 11 is 0. The fourth-order valence-electron chi connectivity index (χ4n) is 2.59. The molecule has 0 aliphatic carbocycles. The number of nitrogens with zero attached hydrogens (tertiary/aromatic N) is 3. The molecule has 0 radical (unpaired) electrons. The lowest BCUT2D eigenvalue weighted by Gasteiger charge is -2.10. The predicted octanol–water partition coefficient (Wildman–Crippen LogP) is 3.44. The normalized spacial score (nSPS) is 9.97. The number of hydrogen-bond donors (Lipinski definition) is 2. The fraction of sp³-hybridized carbons (Fsp3) is 0.0952. The minimum Gasteiger partial charge on any atom is -0.465 e. The van der Waals surface area contributed by atoms with Gasteiger partial charge < -0.3 is 15.4 Å². The second-order valence-corrected chi connectivity index (χ2v) is 6.03. The highest BCUT2D eigenvalue weighted by Gasteiger charge is 2.13. The monoisotopic (exact) mass is 387 g/mol. The number of amides is 1. The average molecular weight is 387 g/mol. The van der Waals surface area contributed by atoms with Gasteiger partial charge in [-0.3, -0.25) is 4.79 Å². The lowest BCUT2D eigenvalue weighted by atomic mass is 10.2. The molecule has 8 nitrogen and oxygen atoms in total. The Hall–Kier alpha value is -4.25. The van der Waals surface area contributed by atoms with Gasteiger partial charge in [0.1, 0.15) is 11.8 Å². The summed E-state index contributed by atoms with van der Waals surface area (Å²) in [5.74, 6) is -0.731. The number of benzene rings is 2. The van der Waals surface area contributed by atoms with E-state index >= 15 is 0 Å². The molecule has 1 amide bonds. The van der Waals surface area contributed by atoms with E-state index in [1.165, 1.54) is 7.11 Å². The van der Waals surface area contributed by atoms with Crippen LogP contribution in [0, 0.1) is 18.3 Å². The van der Waals surface area contributed by atoms with E-state index in [0.717, 1.165) is 0 Å². The third-order valence-electron chi connectivity index (χ3n) is 3.92. The van der Waals surface area contributed by atoms with Gasteiger partial charge in [-0.25, -0.2) is 14.8 Å². The maximum Gasteiger partial charge on any atom is 0.337 e. The summed E-state index contributed by atoms with van der Waals surface area (Å²) in [5.41, 5.74) is 2.40. The molecule has 1 aromatic heterocycles. The summed E-state index contributed by atoms with van der Waals surface area (Å²) in [6.45, 7) is 1.73. The van der Waals surface area contributed by atoms with Crippen molar-refractivity contribution >= 4 is 29.2 Å². The largest absolute Gasteiger partial charge is 0.465 e. The molecular weight excluding hydrogens is 370 g/mol. The first kappa shape index (κ1) is 19.5. The fourth-order valence-corrected chi connectivity index (χ4v) is 2.59. The standard InChI is InChI=1S/C21H17N5O3/c1-13-10-18(19(27)25-17-9-4-3-6-15(17)12-22)26-21(23-13)24-16-8-5-7-14(11-16)20(28)29-2/h3-11H,1-2H3,(H,25,27)(H,23,24,26). The van der Waals surface area contributed by atoms with Crippen molar-refractivity contribution in [2.45, 2.75) is 6.92 Å². The van der Waals surface area contributed by atoms with Gasteiger partial charge >= 0.3 is 5.97 Å². The number of para-hydroxylation sites is 1. The Morgan fingerprint density at radius 2 is 1.86 bits per heavy atom. The Balaban J connectivity index is 1.84. The molecule has 0 fully saturated rings. The highest BCUT2D eigenvalue weighted by atomic mass is 16.5. The van der Waals surface area contributed by atoms with Crippen molar-refractivity contribution in [3.63, 3.8) is 0 Å².